The van der Waals surface area contributed by atoms with Crippen molar-refractivity contribution in [2.24, 2.45) is 17.3 Å². The first kappa shape index (κ1) is 14.6. The minimum Gasteiger partial charge on any atom is -0.476 e. The van der Waals surface area contributed by atoms with E-state index in [0.29, 0.717) is 18.3 Å². The fourth-order valence-corrected chi connectivity index (χ4v) is 4.90. The molecule has 0 aliphatic heterocycles. The third-order valence-electron chi connectivity index (χ3n) is 6.34. The van der Waals surface area contributed by atoms with Gasteiger partial charge in [-0.05, 0) is 35.4 Å². The Balaban J connectivity index is 1.81. The largest absolute Gasteiger partial charge is 0.476 e. The maximum absolute atomic E-state index is 10.8. The molecule has 3 unspecified atom stereocenters. The van der Waals surface area contributed by atoms with Gasteiger partial charge < -0.3 is 10.1 Å². The van der Waals surface area contributed by atoms with Crippen molar-refractivity contribution in [3.05, 3.63) is 11.9 Å². The molecule has 1 aromatic heterocycles. The number of hydrogen-bond acceptors (Lipinski definition) is 4. The Morgan fingerprint density at radius 3 is 2.76 bits per heavy atom. The van der Waals surface area contributed by atoms with Crippen molar-refractivity contribution in [1.82, 2.24) is 15.0 Å². The van der Waals surface area contributed by atoms with Crippen molar-refractivity contribution in [2.45, 2.75) is 51.8 Å². The molecular weight excluding hydrogens is 269 g/mol. The molecule has 7 heteroatoms. The lowest BCUT2D eigenvalue weighted by Gasteiger charge is -2.69. The van der Waals surface area contributed by atoms with Crippen LogP contribution >= 0.6 is 0 Å². The molecule has 0 amide bonds. The van der Waals surface area contributed by atoms with E-state index in [2.05, 4.69) is 31.1 Å². The number of carboxylic acid groups (broad SMARTS) is 1. The fraction of sp³-hybridized carbons (Fsp3) is 0.786. The van der Waals surface area contributed by atoms with Gasteiger partial charge in [-0.3, -0.25) is 4.68 Å². The summed E-state index contributed by atoms with van der Waals surface area (Å²) in [4.78, 5) is 10.8. The first-order valence-corrected chi connectivity index (χ1v) is 7.60. The van der Waals surface area contributed by atoms with Crippen LogP contribution in [-0.4, -0.2) is 38.0 Å². The van der Waals surface area contributed by atoms with E-state index in [-0.39, 0.29) is 16.4 Å². The van der Waals surface area contributed by atoms with Gasteiger partial charge in [0.15, 0.2) is 5.69 Å². The second-order valence-corrected chi connectivity index (χ2v) is 7.29. The maximum Gasteiger partial charge on any atom is 0.358 e. The molecule has 4 rings (SSSR count). The van der Waals surface area contributed by atoms with E-state index in [4.69, 9.17) is 5.11 Å². The van der Waals surface area contributed by atoms with Crippen LogP contribution in [0.3, 0.4) is 0 Å². The van der Waals surface area contributed by atoms with Gasteiger partial charge in [-0.25, -0.2) is 4.79 Å². The van der Waals surface area contributed by atoms with Crippen molar-refractivity contribution in [3.8, 4) is 0 Å². The Morgan fingerprint density at radius 1 is 1.52 bits per heavy atom. The highest BCUT2D eigenvalue weighted by Crippen LogP contribution is 2.75. The molecule has 0 saturated heterocycles. The van der Waals surface area contributed by atoms with Gasteiger partial charge in [0, 0.05) is 6.44 Å². The van der Waals surface area contributed by atoms with Crippen LogP contribution in [0.5, 0.6) is 0 Å². The number of carboxylic acids is 1. The molecule has 3 aliphatic rings. The average molecular weight is 291 g/mol. The van der Waals surface area contributed by atoms with Crippen LogP contribution in [0.4, 0.5) is 0 Å². The second kappa shape index (κ2) is 4.56. The number of hydrogen-bond donors (Lipinski definition) is 2. The summed E-state index contributed by atoms with van der Waals surface area (Å²) >= 11 is 0. The smallest absolute Gasteiger partial charge is 0.358 e. The van der Waals surface area contributed by atoms with Crippen LogP contribution in [0.2, 0.25) is 5.31 Å². The Labute approximate surface area is 124 Å². The van der Waals surface area contributed by atoms with Gasteiger partial charge >= 0.3 is 12.9 Å². The lowest BCUT2D eigenvalue weighted by molar-refractivity contribution is -0.0937. The molecule has 0 spiro atoms. The lowest BCUT2D eigenvalue weighted by atomic mass is 9.21. The Kier molecular flexibility index (Phi) is 3.17. The van der Waals surface area contributed by atoms with Gasteiger partial charge in [0.05, 0.1) is 6.20 Å². The van der Waals surface area contributed by atoms with Gasteiger partial charge in [-0.1, -0.05) is 32.4 Å². The van der Waals surface area contributed by atoms with Crippen molar-refractivity contribution in [1.29, 1.82) is 0 Å². The van der Waals surface area contributed by atoms with Crippen molar-refractivity contribution in [2.75, 3.05) is 0 Å². The monoisotopic (exact) mass is 291 g/mol. The summed E-state index contributed by atoms with van der Waals surface area (Å²) in [6, 6.07) is 0. The molecule has 0 aromatic carbocycles. The molecule has 114 valence electrons. The number of nitrogens with zero attached hydrogens (tertiary/aromatic N) is 3. The van der Waals surface area contributed by atoms with E-state index in [0.717, 1.165) is 12.8 Å². The number of aromatic nitrogens is 3. The van der Waals surface area contributed by atoms with Gasteiger partial charge in [0.25, 0.3) is 0 Å². The molecule has 0 radical (unpaired) electrons. The summed E-state index contributed by atoms with van der Waals surface area (Å²) in [5.74, 6) is 0.0626. The first-order chi connectivity index (χ1) is 9.79. The predicted octanol–water partition coefficient (Wildman–Crippen LogP) is 1.72. The molecule has 3 saturated carbocycles. The molecular formula is C14H22BN3O3. The average Bonchev–Trinajstić information content (AvgIpc) is 2.86. The van der Waals surface area contributed by atoms with E-state index in [9.17, 15) is 9.82 Å². The summed E-state index contributed by atoms with van der Waals surface area (Å²) in [6.07, 6.45) is 5.15. The molecule has 1 aromatic rings. The molecule has 3 fully saturated rings. The van der Waals surface area contributed by atoms with Crippen LogP contribution < -0.4 is 0 Å². The number of aromatic carboxylic acids is 1. The van der Waals surface area contributed by atoms with E-state index in [1.54, 1.807) is 0 Å². The van der Waals surface area contributed by atoms with Gasteiger partial charge in [0.2, 0.25) is 0 Å². The topological polar surface area (TPSA) is 88.2 Å². The minimum atomic E-state index is -1.09. The van der Waals surface area contributed by atoms with E-state index in [1.807, 2.05) is 0 Å². The SMILES string of the molecule is CC1CCC2CC1(B(O)Cn1cc(C(=O)O)nn1)C2(C)C. The van der Waals surface area contributed by atoms with Crippen molar-refractivity contribution >= 4 is 12.9 Å². The minimum absolute atomic E-state index is 0.0814. The highest BCUT2D eigenvalue weighted by Gasteiger charge is 2.68. The molecule has 3 atom stereocenters. The first-order valence-electron chi connectivity index (χ1n) is 7.60. The molecule has 6 nitrogen and oxygen atoms in total. The summed E-state index contributed by atoms with van der Waals surface area (Å²) in [7, 11) is 0. The van der Waals surface area contributed by atoms with Crippen LogP contribution in [-0.2, 0) is 6.44 Å². The molecule has 1 heterocycles. The summed E-state index contributed by atoms with van der Waals surface area (Å²) in [5, 5.41) is 27.1. The van der Waals surface area contributed by atoms with Crippen LogP contribution in [0, 0.1) is 17.3 Å². The molecule has 2 N–H and O–H groups in total. The van der Waals surface area contributed by atoms with E-state index >= 15 is 0 Å². The predicted molar refractivity (Wildman–Crippen MR) is 77.9 cm³/mol. The normalized spacial score (nSPS) is 33.3. The Morgan fingerprint density at radius 2 is 2.24 bits per heavy atom. The molecule has 2 bridgehead atoms. The van der Waals surface area contributed by atoms with Crippen molar-refractivity contribution < 1.29 is 14.9 Å². The van der Waals surface area contributed by atoms with Crippen molar-refractivity contribution in [3.63, 3.8) is 0 Å². The number of rotatable bonds is 4. The van der Waals surface area contributed by atoms with Gasteiger partial charge in [-0.2, -0.15) is 0 Å². The summed E-state index contributed by atoms with van der Waals surface area (Å²) in [6.45, 7) is 6.21. The van der Waals surface area contributed by atoms with Crippen LogP contribution in [0.1, 0.15) is 50.5 Å². The number of carbonyl (C=O) groups is 1. The fourth-order valence-electron chi connectivity index (χ4n) is 4.90. The quantitative estimate of drug-likeness (QED) is 0.824. The van der Waals surface area contributed by atoms with Gasteiger partial charge in [0.1, 0.15) is 0 Å². The zero-order valence-corrected chi connectivity index (χ0v) is 12.8. The summed E-state index contributed by atoms with van der Waals surface area (Å²) in [5.41, 5.74) is 0.0439. The van der Waals surface area contributed by atoms with E-state index < -0.39 is 12.9 Å². The zero-order chi connectivity index (χ0) is 15.4. The Bertz CT molecular complexity index is 574. The summed E-state index contributed by atoms with van der Waals surface area (Å²) < 4.78 is 1.45. The zero-order valence-electron chi connectivity index (χ0n) is 12.8. The standard InChI is InChI=1S/C14H22BN3O3/c1-9-4-5-10-6-14(9,13(10,2)3)15(21)8-18-7-11(12(19)20)16-17-18/h7,9-10,21H,4-6,8H2,1-3H3,(H,19,20). The highest BCUT2D eigenvalue weighted by molar-refractivity contribution is 6.53. The van der Waals surface area contributed by atoms with E-state index in [1.165, 1.54) is 17.3 Å². The third kappa shape index (κ3) is 1.86. The Hall–Kier alpha value is -1.37. The van der Waals surface area contributed by atoms with Crippen LogP contribution in [0.25, 0.3) is 0 Å². The van der Waals surface area contributed by atoms with Gasteiger partial charge in [-0.15, -0.1) is 5.10 Å². The third-order valence-corrected chi connectivity index (χ3v) is 6.34. The molecule has 21 heavy (non-hydrogen) atoms. The van der Waals surface area contributed by atoms with Crippen LogP contribution in [0.15, 0.2) is 6.20 Å². The number of fused-ring (bicyclic) bond motifs is 2. The highest BCUT2D eigenvalue weighted by atomic mass is 16.4. The molecule has 3 aliphatic carbocycles. The second-order valence-electron chi connectivity index (χ2n) is 7.29. The lowest BCUT2D eigenvalue weighted by Crippen LogP contribution is -2.64. The maximum atomic E-state index is 10.8.